The van der Waals surface area contributed by atoms with Gasteiger partial charge in [-0.25, -0.2) is 0 Å². The highest BCUT2D eigenvalue weighted by atomic mass is 35.5. The molecule has 0 aliphatic rings. The van der Waals surface area contributed by atoms with E-state index in [1.165, 1.54) is 17.6 Å². The first-order valence-corrected chi connectivity index (χ1v) is 6.63. The third-order valence-corrected chi connectivity index (χ3v) is 3.82. The molecule has 0 bridgehead atoms. The lowest BCUT2D eigenvalue weighted by atomic mass is 10.0. The largest absolute Gasteiger partial charge is 0.417 e. The zero-order chi connectivity index (χ0) is 14.8. The van der Waals surface area contributed by atoms with Crippen molar-refractivity contribution in [2.75, 3.05) is 0 Å². The smallest absolute Gasteiger partial charge is 0.411 e. The molecular weight excluding hydrogens is 313 g/mol. The molecule has 1 N–H and O–H groups in total. The van der Waals surface area contributed by atoms with Crippen molar-refractivity contribution < 1.29 is 18.4 Å². The minimum atomic E-state index is -4.50. The summed E-state index contributed by atoms with van der Waals surface area (Å²) in [6.45, 7) is 0. The summed E-state index contributed by atoms with van der Waals surface area (Å²) in [5.41, 5.74) is -0.711. The maximum Gasteiger partial charge on any atom is 0.417 e. The van der Waals surface area contributed by atoms with Gasteiger partial charge in [-0.3, -0.25) is 4.98 Å². The van der Waals surface area contributed by atoms with Crippen LogP contribution in [0.5, 0.6) is 0 Å². The Hall–Kier alpha value is -1.60. The Morgan fingerprint density at radius 3 is 2.70 bits per heavy atom. The average molecular weight is 321 g/mol. The zero-order valence-corrected chi connectivity index (χ0v) is 11.4. The molecular formula is C12H8ClF3N2OS. The number of oxime groups is 1. The zero-order valence-electron chi connectivity index (χ0n) is 9.80. The van der Waals surface area contributed by atoms with Crippen LogP contribution in [-0.2, 0) is 6.18 Å². The quantitative estimate of drug-likeness (QED) is 0.517. The van der Waals surface area contributed by atoms with Crippen LogP contribution in [0.15, 0.2) is 34.9 Å². The van der Waals surface area contributed by atoms with Crippen molar-refractivity contribution in [3.05, 3.63) is 50.9 Å². The number of aromatic nitrogens is 1. The van der Waals surface area contributed by atoms with Gasteiger partial charge in [0, 0.05) is 11.1 Å². The fourth-order valence-electron chi connectivity index (χ4n) is 1.65. The molecule has 0 aliphatic heterocycles. The van der Waals surface area contributed by atoms with Gasteiger partial charge in [-0.1, -0.05) is 17.7 Å². The number of nitrogens with zero attached hydrogens (tertiary/aromatic N) is 2. The molecule has 2 rings (SSSR count). The second-order valence-electron chi connectivity index (χ2n) is 3.85. The van der Waals surface area contributed by atoms with E-state index in [0.29, 0.717) is 6.20 Å². The lowest BCUT2D eigenvalue weighted by Crippen LogP contribution is -2.09. The molecule has 106 valence electrons. The molecule has 0 amide bonds. The van der Waals surface area contributed by atoms with E-state index >= 15 is 0 Å². The molecule has 2 aromatic rings. The molecule has 2 aromatic heterocycles. The van der Waals surface area contributed by atoms with Crippen LogP contribution in [0.4, 0.5) is 13.2 Å². The maximum atomic E-state index is 12.6. The van der Waals surface area contributed by atoms with Crippen LogP contribution in [0.3, 0.4) is 0 Å². The third-order valence-electron chi connectivity index (χ3n) is 2.56. The molecule has 1 unspecified atom stereocenters. The second-order valence-corrected chi connectivity index (χ2v) is 5.23. The number of hydrogen-bond donors (Lipinski definition) is 1. The van der Waals surface area contributed by atoms with E-state index in [4.69, 9.17) is 16.8 Å². The summed E-state index contributed by atoms with van der Waals surface area (Å²) >= 11 is 7.24. The first-order chi connectivity index (χ1) is 9.43. The summed E-state index contributed by atoms with van der Waals surface area (Å²) in [7, 11) is 0. The molecule has 0 fully saturated rings. The maximum absolute atomic E-state index is 12.6. The van der Waals surface area contributed by atoms with Gasteiger partial charge in [-0.2, -0.15) is 13.2 Å². The second kappa shape index (κ2) is 5.80. The van der Waals surface area contributed by atoms with E-state index in [9.17, 15) is 13.2 Å². The molecule has 0 saturated heterocycles. The fraction of sp³-hybridized carbons (Fsp3) is 0.167. The van der Waals surface area contributed by atoms with E-state index in [1.807, 2.05) is 0 Å². The van der Waals surface area contributed by atoms with Crippen molar-refractivity contribution in [1.29, 1.82) is 0 Å². The van der Waals surface area contributed by atoms with Crippen LogP contribution in [0.1, 0.15) is 22.1 Å². The summed E-state index contributed by atoms with van der Waals surface area (Å²) in [5, 5.41) is 13.3. The molecule has 0 saturated carbocycles. The van der Waals surface area contributed by atoms with Gasteiger partial charge in [0.1, 0.15) is 0 Å². The molecule has 3 nitrogen and oxygen atoms in total. The van der Waals surface area contributed by atoms with E-state index < -0.39 is 17.7 Å². The van der Waals surface area contributed by atoms with Crippen molar-refractivity contribution in [1.82, 2.24) is 4.98 Å². The molecule has 0 radical (unpaired) electrons. The SMILES string of the molecule is ON=CC(c1cccs1)c1ncc(C(F)(F)F)cc1Cl. The number of hydrogen-bond acceptors (Lipinski definition) is 4. The Labute approximate surface area is 121 Å². The lowest BCUT2D eigenvalue weighted by Gasteiger charge is -2.13. The van der Waals surface area contributed by atoms with Crippen LogP contribution in [0.25, 0.3) is 0 Å². The van der Waals surface area contributed by atoms with Gasteiger partial charge < -0.3 is 5.21 Å². The predicted octanol–water partition coefficient (Wildman–Crippen LogP) is 4.41. The summed E-state index contributed by atoms with van der Waals surface area (Å²) in [4.78, 5) is 4.53. The topological polar surface area (TPSA) is 45.5 Å². The van der Waals surface area contributed by atoms with Gasteiger partial charge in [0.2, 0.25) is 0 Å². The number of alkyl halides is 3. The van der Waals surface area contributed by atoms with Gasteiger partial charge in [0.25, 0.3) is 0 Å². The number of rotatable bonds is 3. The van der Waals surface area contributed by atoms with Crippen LogP contribution >= 0.6 is 22.9 Å². The molecule has 20 heavy (non-hydrogen) atoms. The van der Waals surface area contributed by atoms with Crippen LogP contribution in [0, 0.1) is 0 Å². The van der Waals surface area contributed by atoms with Gasteiger partial charge in [-0.05, 0) is 17.5 Å². The first-order valence-electron chi connectivity index (χ1n) is 5.37. The number of pyridine rings is 1. The lowest BCUT2D eigenvalue weighted by molar-refractivity contribution is -0.137. The van der Waals surface area contributed by atoms with Crippen molar-refractivity contribution in [3.63, 3.8) is 0 Å². The molecule has 2 heterocycles. The molecule has 0 aromatic carbocycles. The summed E-state index contributed by atoms with van der Waals surface area (Å²) in [6.07, 6.45) is -2.61. The van der Waals surface area contributed by atoms with E-state index in [1.54, 1.807) is 17.5 Å². The van der Waals surface area contributed by atoms with E-state index in [-0.39, 0.29) is 10.7 Å². The van der Waals surface area contributed by atoms with Crippen molar-refractivity contribution in [3.8, 4) is 0 Å². The Kier molecular flexibility index (Phi) is 4.29. The molecule has 0 spiro atoms. The Morgan fingerprint density at radius 1 is 1.45 bits per heavy atom. The van der Waals surface area contributed by atoms with Crippen LogP contribution in [-0.4, -0.2) is 16.4 Å². The van der Waals surface area contributed by atoms with Crippen molar-refractivity contribution in [2.24, 2.45) is 5.16 Å². The highest BCUT2D eigenvalue weighted by Gasteiger charge is 2.32. The fourth-order valence-corrected chi connectivity index (χ4v) is 2.72. The predicted molar refractivity (Wildman–Crippen MR) is 70.7 cm³/mol. The minimum absolute atomic E-state index is 0.127. The normalized spacial score (nSPS) is 13.8. The van der Waals surface area contributed by atoms with Crippen LogP contribution in [0.2, 0.25) is 5.02 Å². The van der Waals surface area contributed by atoms with E-state index in [2.05, 4.69) is 10.1 Å². The summed E-state index contributed by atoms with van der Waals surface area (Å²) in [5.74, 6) is -0.588. The Morgan fingerprint density at radius 2 is 2.20 bits per heavy atom. The molecule has 8 heteroatoms. The van der Waals surface area contributed by atoms with Gasteiger partial charge >= 0.3 is 6.18 Å². The van der Waals surface area contributed by atoms with Crippen molar-refractivity contribution >= 4 is 29.2 Å². The summed E-state index contributed by atoms with van der Waals surface area (Å²) < 4.78 is 37.7. The first kappa shape index (κ1) is 14.8. The number of thiophene rings is 1. The Bertz CT molecular complexity index is 614. The van der Waals surface area contributed by atoms with Gasteiger partial charge in [0.05, 0.1) is 28.4 Å². The third kappa shape index (κ3) is 3.10. The van der Waals surface area contributed by atoms with E-state index in [0.717, 1.165) is 10.9 Å². The number of halogens is 4. The molecule has 1 atom stereocenters. The summed E-state index contributed by atoms with van der Waals surface area (Å²) in [6, 6.07) is 4.35. The standard InChI is InChI=1S/C12H8ClF3N2OS/c13-9-4-7(12(14,15)16)5-17-11(9)8(6-18-19)10-2-1-3-20-10/h1-6,8,19H. The monoisotopic (exact) mass is 320 g/mol. The average Bonchev–Trinajstić information content (AvgIpc) is 2.89. The molecule has 0 aliphatic carbocycles. The van der Waals surface area contributed by atoms with Crippen LogP contribution < -0.4 is 0 Å². The Balaban J connectivity index is 2.45. The van der Waals surface area contributed by atoms with Crippen molar-refractivity contribution in [2.45, 2.75) is 12.1 Å². The highest BCUT2D eigenvalue weighted by Crippen LogP contribution is 2.35. The minimum Gasteiger partial charge on any atom is -0.411 e. The van der Waals surface area contributed by atoms with Gasteiger partial charge in [-0.15, -0.1) is 16.5 Å². The van der Waals surface area contributed by atoms with Gasteiger partial charge in [0.15, 0.2) is 0 Å². The highest BCUT2D eigenvalue weighted by molar-refractivity contribution is 7.10.